The lowest BCUT2D eigenvalue weighted by molar-refractivity contribution is 0.182. The number of aryl methyl sites for hydroxylation is 2. The Morgan fingerprint density at radius 1 is 1.07 bits per heavy atom. The number of methoxy groups -OCH3 is 1. The smallest absolute Gasteiger partial charge is 0.211 e. The van der Waals surface area contributed by atoms with Gasteiger partial charge in [0.15, 0.2) is 11.6 Å². The summed E-state index contributed by atoms with van der Waals surface area (Å²) in [7, 11) is -1.86. The molecule has 1 N–H and O–H groups in total. The lowest BCUT2D eigenvalue weighted by atomic mass is 10.0. The number of nitrogens with zero attached hydrogens (tertiary/aromatic N) is 5. The zero-order valence-corrected chi connectivity index (χ0v) is 24.4. The van der Waals surface area contributed by atoms with Crippen molar-refractivity contribution >= 4 is 26.7 Å². The Balaban J connectivity index is 1.47. The van der Waals surface area contributed by atoms with Gasteiger partial charge in [-0.1, -0.05) is 11.2 Å². The summed E-state index contributed by atoms with van der Waals surface area (Å²) in [4.78, 5) is 6.96. The first kappa shape index (κ1) is 27.7. The van der Waals surface area contributed by atoms with Crippen LogP contribution in [0.2, 0.25) is 0 Å². The summed E-state index contributed by atoms with van der Waals surface area (Å²) >= 11 is 0. The zero-order valence-electron chi connectivity index (χ0n) is 23.5. The van der Waals surface area contributed by atoms with Crippen molar-refractivity contribution in [3.05, 3.63) is 59.5 Å². The quantitative estimate of drug-likeness (QED) is 0.347. The number of piperidine rings is 1. The zero-order chi connectivity index (χ0) is 29.1. The average molecular weight is 584 g/mol. The van der Waals surface area contributed by atoms with Crippen LogP contribution in [0.1, 0.15) is 55.0 Å². The van der Waals surface area contributed by atoms with Crippen molar-refractivity contribution in [1.29, 1.82) is 0 Å². The van der Waals surface area contributed by atoms with E-state index in [9.17, 15) is 17.9 Å². The van der Waals surface area contributed by atoms with E-state index in [4.69, 9.17) is 14.2 Å². The van der Waals surface area contributed by atoms with Crippen LogP contribution in [0.4, 0.5) is 10.1 Å². The SMILES string of the molecule is COc1ccc(N2C(O)CC[C@H]2c2nc3cc(-c4c(C)noc4C)ccc3n2C2CCN(S(C)(=O)=O)CC2)cc1F. The molecule has 0 amide bonds. The van der Waals surface area contributed by atoms with Crippen LogP contribution in [-0.4, -0.2) is 65.2 Å². The van der Waals surface area contributed by atoms with Crippen molar-refractivity contribution in [2.75, 3.05) is 31.4 Å². The number of fused-ring (bicyclic) bond motifs is 1. The fourth-order valence-electron chi connectivity index (χ4n) is 6.43. The molecule has 6 rings (SSSR count). The van der Waals surface area contributed by atoms with Crippen molar-refractivity contribution < 1.29 is 27.2 Å². The molecule has 0 saturated carbocycles. The van der Waals surface area contributed by atoms with Gasteiger partial charge in [0.05, 0.1) is 36.1 Å². The lowest BCUT2D eigenvalue weighted by Crippen LogP contribution is -2.39. The molecule has 2 atom stereocenters. The predicted octanol–water partition coefficient (Wildman–Crippen LogP) is 4.71. The van der Waals surface area contributed by atoms with E-state index in [1.165, 1.54) is 23.7 Å². The molecule has 2 fully saturated rings. The molecule has 10 nitrogen and oxygen atoms in total. The van der Waals surface area contributed by atoms with Crippen LogP contribution < -0.4 is 9.64 Å². The maximum absolute atomic E-state index is 14.8. The molecule has 1 unspecified atom stereocenters. The minimum absolute atomic E-state index is 0.00473. The second-order valence-corrected chi connectivity index (χ2v) is 12.9. The molecule has 218 valence electrons. The van der Waals surface area contributed by atoms with Gasteiger partial charge in [-0.2, -0.15) is 0 Å². The van der Waals surface area contributed by atoms with E-state index in [0.29, 0.717) is 44.5 Å². The van der Waals surface area contributed by atoms with Crippen LogP contribution in [0.3, 0.4) is 0 Å². The fourth-order valence-corrected chi connectivity index (χ4v) is 7.31. The van der Waals surface area contributed by atoms with Gasteiger partial charge in [0, 0.05) is 36.4 Å². The lowest BCUT2D eigenvalue weighted by Gasteiger charge is -2.35. The molecular formula is C29H34FN5O5S. The molecule has 2 aromatic carbocycles. The Kier molecular flexibility index (Phi) is 7.03. The second kappa shape index (κ2) is 10.4. The van der Waals surface area contributed by atoms with Gasteiger partial charge in [-0.15, -0.1) is 0 Å². The molecule has 2 saturated heterocycles. The minimum Gasteiger partial charge on any atom is -0.494 e. The highest BCUT2D eigenvalue weighted by molar-refractivity contribution is 7.88. The number of anilines is 1. The minimum atomic E-state index is -3.28. The number of sulfonamides is 1. The van der Waals surface area contributed by atoms with Gasteiger partial charge in [-0.3, -0.25) is 0 Å². The summed E-state index contributed by atoms with van der Waals surface area (Å²) in [6.45, 7) is 4.62. The van der Waals surface area contributed by atoms with Crippen molar-refractivity contribution in [1.82, 2.24) is 19.0 Å². The Labute approximate surface area is 238 Å². The van der Waals surface area contributed by atoms with Gasteiger partial charge in [0.1, 0.15) is 17.8 Å². The number of aromatic nitrogens is 3. The molecule has 2 aliphatic heterocycles. The van der Waals surface area contributed by atoms with E-state index < -0.39 is 22.1 Å². The van der Waals surface area contributed by atoms with Crippen LogP contribution in [0, 0.1) is 19.7 Å². The first-order chi connectivity index (χ1) is 19.6. The number of rotatable bonds is 6. The van der Waals surface area contributed by atoms with Crippen LogP contribution in [0.25, 0.3) is 22.2 Å². The maximum atomic E-state index is 14.8. The molecular weight excluding hydrogens is 549 g/mol. The second-order valence-electron chi connectivity index (χ2n) is 10.9. The summed E-state index contributed by atoms with van der Waals surface area (Å²) in [5.41, 5.74) is 4.91. The summed E-state index contributed by atoms with van der Waals surface area (Å²) in [6.07, 6.45) is 2.81. The number of hydrogen-bond acceptors (Lipinski definition) is 8. The van der Waals surface area contributed by atoms with Crippen LogP contribution in [0.15, 0.2) is 40.9 Å². The topological polar surface area (TPSA) is 114 Å². The number of aliphatic hydroxyl groups is 1. The maximum Gasteiger partial charge on any atom is 0.211 e. The third-order valence-corrected chi connectivity index (χ3v) is 9.69. The molecule has 41 heavy (non-hydrogen) atoms. The number of hydrogen-bond donors (Lipinski definition) is 1. The van der Waals surface area contributed by atoms with Gasteiger partial charge in [-0.25, -0.2) is 22.1 Å². The van der Waals surface area contributed by atoms with Crippen molar-refractivity contribution in [2.45, 2.75) is 57.8 Å². The number of benzene rings is 2. The Morgan fingerprint density at radius 3 is 2.46 bits per heavy atom. The van der Waals surface area contributed by atoms with Gasteiger partial charge in [0.2, 0.25) is 10.0 Å². The number of ether oxygens (including phenoxy) is 1. The molecule has 4 heterocycles. The highest BCUT2D eigenvalue weighted by Gasteiger charge is 2.39. The standard InChI is InChI=1S/C29H34FN5O5S/c1-17-28(18(2)40-32-17)19-5-7-24-23(15-19)31-29(35(24)20-11-13-33(14-12-20)41(4,37)38)25-8-10-27(36)34(25)21-6-9-26(39-3)22(30)16-21/h5-7,9,15-16,20,25,27,36H,8,10-14H2,1-4H3/t25-,27?/m0/s1. The molecule has 12 heteroatoms. The van der Waals surface area contributed by atoms with Crippen LogP contribution in [0.5, 0.6) is 5.75 Å². The molecule has 2 aromatic heterocycles. The van der Waals surface area contributed by atoms with Gasteiger partial charge >= 0.3 is 0 Å². The highest BCUT2D eigenvalue weighted by Crippen LogP contribution is 2.43. The van der Waals surface area contributed by atoms with Gasteiger partial charge in [-0.05, 0) is 69.4 Å². The van der Waals surface area contributed by atoms with E-state index in [1.807, 2.05) is 36.9 Å². The predicted molar refractivity (Wildman–Crippen MR) is 153 cm³/mol. The summed E-state index contributed by atoms with van der Waals surface area (Å²) < 4.78 is 53.4. The molecule has 0 spiro atoms. The van der Waals surface area contributed by atoms with Crippen LogP contribution in [-0.2, 0) is 10.0 Å². The third-order valence-electron chi connectivity index (χ3n) is 8.38. The van der Waals surface area contributed by atoms with Crippen molar-refractivity contribution in [3.8, 4) is 16.9 Å². The Bertz CT molecular complexity index is 1690. The van der Waals surface area contributed by atoms with Crippen molar-refractivity contribution in [3.63, 3.8) is 0 Å². The first-order valence-electron chi connectivity index (χ1n) is 13.8. The monoisotopic (exact) mass is 583 g/mol. The fraction of sp³-hybridized carbons (Fsp3) is 0.448. The number of imidazole rings is 1. The van der Waals surface area contributed by atoms with Gasteiger partial charge < -0.3 is 23.8 Å². The summed E-state index contributed by atoms with van der Waals surface area (Å²) in [5, 5.41) is 15.2. The van der Waals surface area contributed by atoms with Crippen LogP contribution >= 0.6 is 0 Å². The number of aliphatic hydroxyl groups excluding tert-OH is 1. The summed E-state index contributed by atoms with van der Waals surface area (Å²) in [6, 6.07) is 10.5. The summed E-state index contributed by atoms with van der Waals surface area (Å²) in [5.74, 6) is 1.12. The van der Waals surface area contributed by atoms with Crippen molar-refractivity contribution in [2.24, 2.45) is 0 Å². The van der Waals surface area contributed by atoms with E-state index >= 15 is 0 Å². The Hall–Kier alpha value is -3.48. The normalized spacial score (nSPS) is 20.8. The van der Waals surface area contributed by atoms with E-state index in [1.54, 1.807) is 12.1 Å². The highest BCUT2D eigenvalue weighted by atomic mass is 32.2. The van der Waals surface area contributed by atoms with Gasteiger partial charge in [0.25, 0.3) is 0 Å². The first-order valence-corrected chi connectivity index (χ1v) is 15.6. The third kappa shape index (κ3) is 4.87. The molecule has 2 aliphatic rings. The largest absolute Gasteiger partial charge is 0.494 e. The number of halogens is 1. The molecule has 0 bridgehead atoms. The van der Waals surface area contributed by atoms with E-state index in [-0.39, 0.29) is 17.8 Å². The molecule has 0 aliphatic carbocycles. The average Bonchev–Trinajstić information content (AvgIpc) is 3.61. The Morgan fingerprint density at radius 2 is 1.83 bits per heavy atom. The van der Waals surface area contributed by atoms with E-state index in [0.717, 1.165) is 39.4 Å². The molecule has 4 aromatic rings. The van der Waals surface area contributed by atoms with E-state index in [2.05, 4.69) is 9.72 Å². The molecule has 0 radical (unpaired) electrons.